The van der Waals surface area contributed by atoms with Crippen LogP contribution in [0, 0.1) is 0 Å². The molecule has 0 unspecified atom stereocenters. The first-order valence-corrected chi connectivity index (χ1v) is 7.05. The van der Waals surface area contributed by atoms with Crippen molar-refractivity contribution in [2.45, 2.75) is 0 Å². The molecule has 0 amide bonds. The van der Waals surface area contributed by atoms with Gasteiger partial charge in [-0.25, -0.2) is 0 Å². The van der Waals surface area contributed by atoms with Crippen LogP contribution in [0.3, 0.4) is 0 Å². The van der Waals surface area contributed by atoms with Gasteiger partial charge in [0.15, 0.2) is 0 Å². The Morgan fingerprint density at radius 2 is 0.700 bits per heavy atom. The molecule has 6 aromatic carbocycles. The monoisotopic (exact) mass is 250 g/mol. The fourth-order valence-electron chi connectivity index (χ4n) is 4.08. The number of benzene rings is 4. The van der Waals surface area contributed by atoms with Crippen LogP contribution in [-0.4, -0.2) is 0 Å². The predicted molar refractivity (Wildman–Crippen MR) is 87.5 cm³/mol. The van der Waals surface area contributed by atoms with Crippen LogP contribution in [0.2, 0.25) is 0 Å². The van der Waals surface area contributed by atoms with E-state index in [-0.39, 0.29) is 0 Å². The van der Waals surface area contributed by atoms with Gasteiger partial charge in [0.25, 0.3) is 0 Å². The third kappa shape index (κ3) is 0.847. The second-order valence-electron chi connectivity index (χ2n) is 5.86. The molecule has 0 bridgehead atoms. The fraction of sp³-hybridized carbons (Fsp3) is 0. The molecule has 0 saturated carbocycles. The average molecular weight is 250 g/mol. The maximum absolute atomic E-state index is 2.34. The molecule has 0 aliphatic rings. The smallest absolute Gasteiger partial charge is 0.000270 e. The Labute approximate surface area is 115 Å². The van der Waals surface area contributed by atoms with Crippen LogP contribution in [0.25, 0.3) is 53.9 Å². The highest BCUT2D eigenvalue weighted by atomic mass is 14.2. The minimum absolute atomic E-state index is 1.36. The standard InChI is InChI=1S/C20H10/c1-2-11-8-13-4-6-15-10-16-7-5-14-9-12(3-1)17(11)20(18(13)15)19(14)16/h1-10H. The minimum atomic E-state index is 1.36. The van der Waals surface area contributed by atoms with Crippen LogP contribution in [-0.2, 0) is 0 Å². The van der Waals surface area contributed by atoms with Gasteiger partial charge in [0.1, 0.15) is 0 Å². The van der Waals surface area contributed by atoms with Crippen LogP contribution < -0.4 is 0 Å². The van der Waals surface area contributed by atoms with E-state index in [1.165, 1.54) is 53.9 Å². The molecule has 20 heavy (non-hydrogen) atoms. The van der Waals surface area contributed by atoms with E-state index in [0.29, 0.717) is 0 Å². The van der Waals surface area contributed by atoms with Crippen molar-refractivity contribution < 1.29 is 0 Å². The summed E-state index contributed by atoms with van der Waals surface area (Å²) in [5.41, 5.74) is 0. The summed E-state index contributed by atoms with van der Waals surface area (Å²) in [6.07, 6.45) is 0. The molecular weight excluding hydrogens is 240 g/mol. The topological polar surface area (TPSA) is 0 Å². The molecule has 0 aliphatic heterocycles. The zero-order chi connectivity index (χ0) is 12.8. The highest BCUT2D eigenvalue weighted by Gasteiger charge is 2.16. The van der Waals surface area contributed by atoms with Gasteiger partial charge in [-0.1, -0.05) is 42.5 Å². The van der Waals surface area contributed by atoms with E-state index in [2.05, 4.69) is 60.7 Å². The van der Waals surface area contributed by atoms with Gasteiger partial charge in [-0.05, 0) is 72.1 Å². The van der Waals surface area contributed by atoms with Crippen molar-refractivity contribution in [3.8, 4) is 0 Å². The fourth-order valence-corrected chi connectivity index (χ4v) is 4.08. The molecule has 6 rings (SSSR count). The van der Waals surface area contributed by atoms with Crippen LogP contribution in [0.4, 0.5) is 0 Å². The summed E-state index contributed by atoms with van der Waals surface area (Å²) in [7, 11) is 0. The van der Waals surface area contributed by atoms with Gasteiger partial charge in [0.05, 0.1) is 0 Å². The van der Waals surface area contributed by atoms with Gasteiger partial charge < -0.3 is 0 Å². The van der Waals surface area contributed by atoms with Crippen molar-refractivity contribution in [2.24, 2.45) is 0 Å². The van der Waals surface area contributed by atoms with Gasteiger partial charge in [-0.3, -0.25) is 0 Å². The van der Waals surface area contributed by atoms with Crippen LogP contribution in [0.5, 0.6) is 0 Å². The van der Waals surface area contributed by atoms with Gasteiger partial charge in [-0.15, -0.1) is 0 Å². The molecule has 90 valence electrons. The maximum atomic E-state index is 2.34. The van der Waals surface area contributed by atoms with Gasteiger partial charge in [0, 0.05) is 0 Å². The third-order valence-electron chi connectivity index (χ3n) is 4.85. The maximum Gasteiger partial charge on any atom is -0.000270 e. The minimum Gasteiger partial charge on any atom is -0.0610 e. The average Bonchev–Trinajstić information content (AvgIpc) is 3.06. The summed E-state index contributed by atoms with van der Waals surface area (Å²) < 4.78 is 0. The summed E-state index contributed by atoms with van der Waals surface area (Å²) in [6.45, 7) is 0. The molecule has 0 spiro atoms. The highest BCUT2D eigenvalue weighted by molar-refractivity contribution is 6.38. The Morgan fingerprint density at radius 1 is 0.350 bits per heavy atom. The van der Waals surface area contributed by atoms with Crippen molar-refractivity contribution in [1.82, 2.24) is 0 Å². The first kappa shape index (κ1) is 9.33. The molecule has 0 aromatic heterocycles. The summed E-state index contributed by atoms with van der Waals surface area (Å²) >= 11 is 0. The summed E-state index contributed by atoms with van der Waals surface area (Å²) in [4.78, 5) is 0. The lowest BCUT2D eigenvalue weighted by Crippen LogP contribution is -1.83. The lowest BCUT2D eigenvalue weighted by Gasteiger charge is -2.12. The van der Waals surface area contributed by atoms with E-state index >= 15 is 0 Å². The largest absolute Gasteiger partial charge is 0.0610 e. The second-order valence-corrected chi connectivity index (χ2v) is 5.86. The van der Waals surface area contributed by atoms with Crippen molar-refractivity contribution in [3.05, 3.63) is 60.7 Å². The molecule has 0 nitrogen and oxygen atoms in total. The highest BCUT2D eigenvalue weighted by Crippen LogP contribution is 2.45. The van der Waals surface area contributed by atoms with Gasteiger partial charge in [0.2, 0.25) is 0 Å². The van der Waals surface area contributed by atoms with E-state index in [4.69, 9.17) is 0 Å². The Hall–Kier alpha value is -2.60. The lowest BCUT2D eigenvalue weighted by atomic mass is 9.91. The van der Waals surface area contributed by atoms with Crippen molar-refractivity contribution in [2.75, 3.05) is 0 Å². The van der Waals surface area contributed by atoms with Crippen LogP contribution >= 0.6 is 0 Å². The van der Waals surface area contributed by atoms with Crippen LogP contribution in [0.15, 0.2) is 60.7 Å². The Bertz CT molecular complexity index is 1140. The Morgan fingerprint density at radius 3 is 1.10 bits per heavy atom. The van der Waals surface area contributed by atoms with E-state index in [1.54, 1.807) is 0 Å². The molecule has 0 N–H and O–H groups in total. The van der Waals surface area contributed by atoms with Gasteiger partial charge >= 0.3 is 0 Å². The number of rotatable bonds is 0. The quantitative estimate of drug-likeness (QED) is 0.300. The van der Waals surface area contributed by atoms with Crippen LogP contribution in [0.1, 0.15) is 0 Å². The van der Waals surface area contributed by atoms with E-state index in [9.17, 15) is 0 Å². The Kier molecular flexibility index (Phi) is 1.30. The normalized spacial score (nSPS) is 13.0. The summed E-state index contributed by atoms with van der Waals surface area (Å²) in [5, 5.41) is 14.0. The molecule has 0 fully saturated rings. The zero-order valence-corrected chi connectivity index (χ0v) is 10.8. The molecular formula is C20H10. The zero-order valence-electron chi connectivity index (χ0n) is 10.8. The van der Waals surface area contributed by atoms with Crippen molar-refractivity contribution in [1.29, 1.82) is 0 Å². The molecule has 0 radical (unpaired) electrons. The molecule has 0 aliphatic carbocycles. The first-order valence-electron chi connectivity index (χ1n) is 7.05. The number of hydrogen-bond acceptors (Lipinski definition) is 0. The SMILES string of the molecule is c1cc2cc3ccc4cc5ccc6cc(c1)c2c(c34)c65. The van der Waals surface area contributed by atoms with Crippen molar-refractivity contribution in [3.63, 3.8) is 0 Å². The lowest BCUT2D eigenvalue weighted by molar-refractivity contribution is 1.86. The number of hydrogen-bond donors (Lipinski definition) is 0. The van der Waals surface area contributed by atoms with Gasteiger partial charge in [-0.2, -0.15) is 0 Å². The third-order valence-corrected chi connectivity index (χ3v) is 4.85. The van der Waals surface area contributed by atoms with Crippen molar-refractivity contribution >= 4 is 53.9 Å². The second kappa shape index (κ2) is 2.78. The molecule has 6 aromatic rings. The summed E-state index contributed by atoms with van der Waals surface area (Å²) in [5.74, 6) is 0. The molecule has 0 atom stereocenters. The Balaban J connectivity index is 2.23. The van der Waals surface area contributed by atoms with E-state index in [1.807, 2.05) is 0 Å². The molecule has 0 saturated heterocycles. The van der Waals surface area contributed by atoms with E-state index in [0.717, 1.165) is 0 Å². The molecule has 0 heterocycles. The first-order chi connectivity index (χ1) is 9.90. The molecule has 0 heteroatoms. The summed E-state index contributed by atoms with van der Waals surface area (Å²) in [6, 6.07) is 22.7. The van der Waals surface area contributed by atoms with E-state index < -0.39 is 0 Å². The predicted octanol–water partition coefficient (Wildman–Crippen LogP) is 5.77.